The molecular weight excluding hydrogens is 312 g/mol. The van der Waals surface area contributed by atoms with Crippen molar-refractivity contribution in [3.05, 3.63) is 53.0 Å². The molecule has 98 valence electrons. The van der Waals surface area contributed by atoms with Gasteiger partial charge in [-0.05, 0) is 35.7 Å². The van der Waals surface area contributed by atoms with Crippen molar-refractivity contribution < 1.29 is 0 Å². The normalized spacial score (nSPS) is 11.7. The Labute approximate surface area is 124 Å². The summed E-state index contributed by atoms with van der Waals surface area (Å²) < 4.78 is 3.33. The van der Waals surface area contributed by atoms with E-state index in [2.05, 4.69) is 63.9 Å². The number of halogens is 1. The third kappa shape index (κ3) is 1.44. The summed E-state index contributed by atoms with van der Waals surface area (Å²) in [5.74, 6) is 0. The van der Waals surface area contributed by atoms with Crippen LogP contribution in [0.4, 0.5) is 5.69 Å². The van der Waals surface area contributed by atoms with Crippen LogP contribution in [-0.4, -0.2) is 4.57 Å². The molecule has 0 unspecified atom stereocenters. The Morgan fingerprint density at radius 3 is 2.55 bits per heavy atom. The zero-order valence-electron chi connectivity index (χ0n) is 11.0. The van der Waals surface area contributed by atoms with E-state index in [0.717, 1.165) is 15.5 Å². The summed E-state index contributed by atoms with van der Waals surface area (Å²) in [7, 11) is 2.11. The molecule has 4 aromatic rings. The lowest BCUT2D eigenvalue weighted by atomic mass is 10.0. The minimum atomic E-state index is 0.830. The number of nitrogen functional groups attached to an aromatic ring is 1. The smallest absolute Gasteiger partial charge is 0.0495 e. The third-order valence-electron chi connectivity index (χ3n) is 4.02. The standard InChI is InChI=1S/C17H13BrN2/c1-20-15-7-5-10(18)9-13(15)17-12-3-2-4-14(19)11(12)6-8-16(17)20/h2-9H,19H2,1H3. The number of hydrogen-bond donors (Lipinski definition) is 1. The number of hydrogen-bond acceptors (Lipinski definition) is 1. The number of rotatable bonds is 0. The molecule has 0 aliphatic rings. The number of aromatic nitrogens is 1. The van der Waals surface area contributed by atoms with Gasteiger partial charge in [-0.3, -0.25) is 0 Å². The lowest BCUT2D eigenvalue weighted by molar-refractivity contribution is 1.01. The van der Waals surface area contributed by atoms with Crippen LogP contribution in [0.2, 0.25) is 0 Å². The SMILES string of the molecule is Cn1c2ccc(Br)cc2c2c3cccc(N)c3ccc21. The fraction of sp³-hybridized carbons (Fsp3) is 0.0588. The van der Waals surface area contributed by atoms with Crippen molar-refractivity contribution in [1.82, 2.24) is 4.57 Å². The first-order valence-corrected chi connectivity index (χ1v) is 7.31. The van der Waals surface area contributed by atoms with Crippen molar-refractivity contribution in [3.63, 3.8) is 0 Å². The summed E-state index contributed by atoms with van der Waals surface area (Å²) in [6.45, 7) is 0. The Kier molecular flexibility index (Phi) is 2.36. The predicted molar refractivity (Wildman–Crippen MR) is 90.0 cm³/mol. The maximum atomic E-state index is 6.11. The van der Waals surface area contributed by atoms with Gasteiger partial charge in [-0.2, -0.15) is 0 Å². The maximum Gasteiger partial charge on any atom is 0.0495 e. The summed E-state index contributed by atoms with van der Waals surface area (Å²) >= 11 is 3.57. The predicted octanol–water partition coefficient (Wildman–Crippen LogP) is 4.83. The average Bonchev–Trinajstić information content (AvgIpc) is 2.72. The van der Waals surface area contributed by atoms with Crippen LogP contribution in [0.25, 0.3) is 32.6 Å². The summed E-state index contributed by atoms with van der Waals surface area (Å²) in [5, 5.41) is 4.86. The van der Waals surface area contributed by atoms with E-state index in [1.54, 1.807) is 0 Å². The van der Waals surface area contributed by atoms with Crippen molar-refractivity contribution in [3.8, 4) is 0 Å². The number of benzene rings is 3. The molecule has 1 aromatic heterocycles. The zero-order valence-corrected chi connectivity index (χ0v) is 12.6. The highest BCUT2D eigenvalue weighted by molar-refractivity contribution is 9.10. The van der Waals surface area contributed by atoms with E-state index in [0.29, 0.717) is 0 Å². The van der Waals surface area contributed by atoms with Crippen molar-refractivity contribution in [2.45, 2.75) is 0 Å². The van der Waals surface area contributed by atoms with Gasteiger partial charge >= 0.3 is 0 Å². The van der Waals surface area contributed by atoms with E-state index in [9.17, 15) is 0 Å². The summed E-state index contributed by atoms with van der Waals surface area (Å²) in [5.41, 5.74) is 9.41. The molecular formula is C17H13BrN2. The Hall–Kier alpha value is -2.00. The highest BCUT2D eigenvalue weighted by Crippen LogP contribution is 2.36. The van der Waals surface area contributed by atoms with Gasteiger partial charge in [0.1, 0.15) is 0 Å². The van der Waals surface area contributed by atoms with E-state index >= 15 is 0 Å². The summed E-state index contributed by atoms with van der Waals surface area (Å²) in [6, 6.07) is 16.8. The molecule has 3 aromatic carbocycles. The maximum absolute atomic E-state index is 6.11. The van der Waals surface area contributed by atoms with E-state index < -0.39 is 0 Å². The van der Waals surface area contributed by atoms with Crippen LogP contribution >= 0.6 is 15.9 Å². The number of nitrogens with two attached hydrogens (primary N) is 1. The highest BCUT2D eigenvalue weighted by Gasteiger charge is 2.12. The topological polar surface area (TPSA) is 30.9 Å². The van der Waals surface area contributed by atoms with Crippen molar-refractivity contribution >= 4 is 54.2 Å². The fourth-order valence-corrected chi connectivity index (χ4v) is 3.43. The molecule has 0 fully saturated rings. The van der Waals surface area contributed by atoms with Gasteiger partial charge in [-0.15, -0.1) is 0 Å². The number of aryl methyl sites for hydroxylation is 1. The number of anilines is 1. The fourth-order valence-electron chi connectivity index (χ4n) is 3.06. The van der Waals surface area contributed by atoms with E-state index in [-0.39, 0.29) is 0 Å². The lowest BCUT2D eigenvalue weighted by Crippen LogP contribution is -1.88. The molecule has 20 heavy (non-hydrogen) atoms. The van der Waals surface area contributed by atoms with Gasteiger partial charge in [-0.1, -0.05) is 34.1 Å². The van der Waals surface area contributed by atoms with Crippen molar-refractivity contribution in [2.24, 2.45) is 7.05 Å². The minimum absolute atomic E-state index is 0.830. The van der Waals surface area contributed by atoms with E-state index in [1.807, 2.05) is 12.1 Å². The highest BCUT2D eigenvalue weighted by atomic mass is 79.9. The molecule has 0 bridgehead atoms. The first-order valence-electron chi connectivity index (χ1n) is 6.51. The molecule has 0 spiro atoms. The average molecular weight is 325 g/mol. The molecule has 1 heterocycles. The zero-order chi connectivity index (χ0) is 13.9. The third-order valence-corrected chi connectivity index (χ3v) is 4.52. The van der Waals surface area contributed by atoms with Crippen LogP contribution in [0.5, 0.6) is 0 Å². The lowest BCUT2D eigenvalue weighted by Gasteiger charge is -2.04. The monoisotopic (exact) mass is 324 g/mol. The quantitative estimate of drug-likeness (QED) is 0.461. The molecule has 0 amide bonds. The summed E-state index contributed by atoms with van der Waals surface area (Å²) in [6.07, 6.45) is 0. The molecule has 0 saturated carbocycles. The second-order valence-corrected chi connectivity index (χ2v) is 6.04. The first-order chi connectivity index (χ1) is 9.66. The van der Waals surface area contributed by atoms with Crippen LogP contribution in [0, 0.1) is 0 Å². The van der Waals surface area contributed by atoms with Crippen LogP contribution in [0.1, 0.15) is 0 Å². The van der Waals surface area contributed by atoms with Gasteiger partial charge in [0.15, 0.2) is 0 Å². The van der Waals surface area contributed by atoms with Gasteiger partial charge < -0.3 is 10.3 Å². The molecule has 2 N–H and O–H groups in total. The molecule has 0 aliphatic carbocycles. The van der Waals surface area contributed by atoms with Crippen molar-refractivity contribution in [1.29, 1.82) is 0 Å². The Bertz CT molecular complexity index is 983. The summed E-state index contributed by atoms with van der Waals surface area (Å²) in [4.78, 5) is 0. The van der Waals surface area contributed by atoms with Crippen LogP contribution in [-0.2, 0) is 7.05 Å². The largest absolute Gasteiger partial charge is 0.398 e. The minimum Gasteiger partial charge on any atom is -0.398 e. The molecule has 0 atom stereocenters. The van der Waals surface area contributed by atoms with Gasteiger partial charge in [0.2, 0.25) is 0 Å². The first kappa shape index (κ1) is 11.8. The van der Waals surface area contributed by atoms with Gasteiger partial charge in [0.05, 0.1) is 0 Å². The second-order valence-electron chi connectivity index (χ2n) is 5.12. The Balaban J connectivity index is 2.38. The molecule has 3 heteroatoms. The van der Waals surface area contributed by atoms with Gasteiger partial charge in [0, 0.05) is 44.4 Å². The van der Waals surface area contributed by atoms with Gasteiger partial charge in [-0.25, -0.2) is 0 Å². The molecule has 2 nitrogen and oxygen atoms in total. The second kappa shape index (κ2) is 4.00. The number of nitrogens with zero attached hydrogens (tertiary/aromatic N) is 1. The van der Waals surface area contributed by atoms with E-state index in [4.69, 9.17) is 5.73 Å². The van der Waals surface area contributed by atoms with Crippen molar-refractivity contribution in [2.75, 3.05) is 5.73 Å². The Morgan fingerprint density at radius 1 is 0.900 bits per heavy atom. The molecule has 0 radical (unpaired) electrons. The van der Waals surface area contributed by atoms with Crippen LogP contribution in [0.15, 0.2) is 53.0 Å². The molecule has 0 saturated heterocycles. The molecule has 0 aliphatic heterocycles. The number of fused-ring (bicyclic) bond motifs is 5. The van der Waals surface area contributed by atoms with E-state index in [1.165, 1.54) is 27.2 Å². The van der Waals surface area contributed by atoms with Crippen LogP contribution in [0.3, 0.4) is 0 Å². The molecule has 4 rings (SSSR count). The Morgan fingerprint density at radius 2 is 1.70 bits per heavy atom. The van der Waals surface area contributed by atoms with Gasteiger partial charge in [0.25, 0.3) is 0 Å². The van der Waals surface area contributed by atoms with Crippen LogP contribution < -0.4 is 5.73 Å².